The molecule has 6 amide bonds. The Balaban J connectivity index is 0.000000600. The average Bonchev–Trinajstić information content (AvgIpc) is 0.822. The van der Waals surface area contributed by atoms with E-state index < -0.39 is 152 Å². The number of hydrogen-bond donors (Lipinski definition) is 12. The Kier molecular flexibility index (Phi) is 35.6. The largest absolute Gasteiger partial charge is 0.448 e. The number of aliphatic hydroxyl groups excluding tert-OH is 6. The van der Waals surface area contributed by atoms with Crippen molar-refractivity contribution in [1.29, 1.82) is 0 Å². The number of amides is 6. The minimum atomic E-state index is -1.28. The van der Waals surface area contributed by atoms with Gasteiger partial charge in [0.2, 0.25) is 6.08 Å². The summed E-state index contributed by atoms with van der Waals surface area (Å²) in [5, 5.41) is 70.4. The quantitative estimate of drug-likeness (QED) is 0.0109. The van der Waals surface area contributed by atoms with E-state index in [4.69, 9.17) is 59.1 Å². The molecule has 0 unspecified atom stereocenters. The van der Waals surface area contributed by atoms with E-state index in [0.29, 0.717) is 39.8 Å². The summed E-state index contributed by atoms with van der Waals surface area (Å²) in [5.41, 5.74) is 9.96. The van der Waals surface area contributed by atoms with Gasteiger partial charge in [0.15, 0.2) is 0 Å². The van der Waals surface area contributed by atoms with Gasteiger partial charge in [0.05, 0.1) is 81.6 Å². The topological polar surface area (TPSA) is 387 Å². The van der Waals surface area contributed by atoms with Crippen LogP contribution in [0.5, 0.6) is 0 Å². The fourth-order valence-electron chi connectivity index (χ4n) is 9.64. The Morgan fingerprint density at radius 1 is 0.294 bits per heavy atom. The first kappa shape index (κ1) is 81.9. The van der Waals surface area contributed by atoms with Crippen molar-refractivity contribution < 1.29 is 92.6 Å². The smallest absolute Gasteiger partial charge is 0.411 e. The van der Waals surface area contributed by atoms with Crippen molar-refractivity contribution in [3.63, 3.8) is 0 Å². The summed E-state index contributed by atoms with van der Waals surface area (Å²) >= 11 is 0. The summed E-state index contributed by atoms with van der Waals surface area (Å²) in [6.07, 6.45) is -3.96. The van der Waals surface area contributed by atoms with Crippen molar-refractivity contribution in [2.45, 2.75) is 84.7 Å². The number of aryl methyl sites for hydroxylation is 7. The first-order valence-corrected chi connectivity index (χ1v) is 32.4. The van der Waals surface area contributed by atoms with Crippen LogP contribution < -0.4 is 31.9 Å². The Morgan fingerprint density at radius 3 is 0.608 bits per heavy atom. The number of rotatable bonds is 31. The number of isocyanates is 1. The minimum Gasteiger partial charge on any atom is -0.448 e. The molecule has 0 atom stereocenters. The van der Waals surface area contributed by atoms with Crippen LogP contribution in [0.2, 0.25) is 0 Å². The van der Waals surface area contributed by atoms with Gasteiger partial charge in [-0.15, -0.1) is 0 Å². The predicted octanol–water partition coefficient (Wildman–Crippen LogP) is 10.0. The molecule has 0 saturated carbocycles. The lowest BCUT2D eigenvalue weighted by Gasteiger charge is -2.41. The maximum Gasteiger partial charge on any atom is 0.411 e. The van der Waals surface area contributed by atoms with Crippen LogP contribution in [-0.4, -0.2) is 199 Å². The standard InChI is InChI=1S/C57H63N7O12.C9H21NO6.C8H7NO/c1-37-7-19-43(20-8-37)58-52(65)71-31-49(32-72-53(66)59-44-21-9-38(2)10-22-44)64(50(33-73-54(67)60-45-23-11-39(3)12-24-45)34-74-55(68)61-46-25-13-40(4)14-26-46)51(35-75-56(69)62-47-27-15-41(5)16-28-47)36-76-57(70)63-48-29-17-42(6)18-30-48;11-1-7(2-12)10(8(3-13)4-14)9(5-15)6-16;1-7-2-4-8(5-3-7)9-6-10/h7-30,49-51H,31-36H2,1-6H3,(H,58,65)(H,59,66)(H,60,67)(H,61,68)(H,62,69)(H,63,70);7-9,11-16H,1-6H2;2-5H,1H3. The van der Waals surface area contributed by atoms with E-state index in [1.165, 1.54) is 15.9 Å². The van der Waals surface area contributed by atoms with Crippen LogP contribution in [-0.2, 0) is 33.2 Å². The average molecular weight is 1410 g/mol. The molecule has 0 bridgehead atoms. The first-order chi connectivity index (χ1) is 49.0. The van der Waals surface area contributed by atoms with Crippen LogP contribution in [0.1, 0.15) is 38.9 Å². The minimum absolute atomic E-state index is 0.399. The van der Waals surface area contributed by atoms with Gasteiger partial charge in [-0.2, -0.15) is 4.99 Å². The van der Waals surface area contributed by atoms with Gasteiger partial charge in [-0.25, -0.2) is 33.6 Å². The lowest BCUT2D eigenvalue weighted by molar-refractivity contribution is -0.0566. The maximum atomic E-state index is 13.6. The fraction of sp³-hybridized carbons (Fsp3) is 0.338. The van der Waals surface area contributed by atoms with Crippen molar-refractivity contribution in [1.82, 2.24) is 9.80 Å². The van der Waals surface area contributed by atoms with Crippen molar-refractivity contribution in [2.24, 2.45) is 4.99 Å². The van der Waals surface area contributed by atoms with Crippen molar-refractivity contribution >= 4 is 82.5 Å². The third kappa shape index (κ3) is 30.0. The van der Waals surface area contributed by atoms with E-state index in [2.05, 4.69) is 36.9 Å². The molecule has 7 aromatic carbocycles. The second kappa shape index (κ2) is 44.4. The summed E-state index contributed by atoms with van der Waals surface area (Å²) in [5.74, 6) is 0. The van der Waals surface area contributed by atoms with Gasteiger partial charge in [0.1, 0.15) is 39.6 Å². The number of carbonyl (C=O) groups is 6. The number of anilines is 6. The van der Waals surface area contributed by atoms with E-state index in [1.54, 1.807) is 158 Å². The highest BCUT2D eigenvalue weighted by atomic mass is 16.6. The summed E-state index contributed by atoms with van der Waals surface area (Å²) in [7, 11) is 0. The fourth-order valence-corrected chi connectivity index (χ4v) is 9.64. The Labute approximate surface area is 592 Å². The van der Waals surface area contributed by atoms with Crippen LogP contribution >= 0.6 is 0 Å². The summed E-state index contributed by atoms with van der Waals surface area (Å²) < 4.78 is 35.1. The number of aliphatic imine (C=N–C) groups is 1. The predicted molar refractivity (Wildman–Crippen MR) is 385 cm³/mol. The normalized spacial score (nSPS) is 10.8. The molecule has 0 aliphatic rings. The molecule has 7 aromatic rings. The SMILES string of the molecule is Cc1ccc(N=C=O)cc1.Cc1ccc(NC(=O)OCC(COC(=O)Nc2ccc(C)cc2)N(C(COC(=O)Nc2ccc(C)cc2)COC(=O)Nc2ccc(C)cc2)C(COC(=O)Nc2ccc(C)cc2)COC(=O)Nc2ccc(C)cc2)cc1.OCC(CO)N(C(CO)CO)C(CO)CO. The molecule has 102 heavy (non-hydrogen) atoms. The van der Waals surface area contributed by atoms with E-state index in [1.807, 2.05) is 60.6 Å². The van der Waals surface area contributed by atoms with Gasteiger partial charge in [0, 0.05) is 34.1 Å². The molecule has 12 N–H and O–H groups in total. The van der Waals surface area contributed by atoms with Crippen LogP contribution in [0, 0.1) is 48.5 Å². The first-order valence-electron chi connectivity index (χ1n) is 32.4. The molecule has 0 fully saturated rings. The molecule has 546 valence electrons. The van der Waals surface area contributed by atoms with Gasteiger partial charge in [-0.05, 0) is 133 Å². The van der Waals surface area contributed by atoms with Crippen molar-refractivity contribution in [3.05, 3.63) is 209 Å². The number of nitrogens with one attached hydrogen (secondary N) is 6. The monoisotopic (exact) mass is 1410 g/mol. The van der Waals surface area contributed by atoms with Crippen LogP contribution in [0.15, 0.2) is 175 Å². The lowest BCUT2D eigenvalue weighted by atomic mass is 10.1. The highest BCUT2D eigenvalue weighted by Crippen LogP contribution is 2.22. The van der Waals surface area contributed by atoms with E-state index >= 15 is 0 Å². The molecule has 0 heterocycles. The zero-order valence-electron chi connectivity index (χ0n) is 57.9. The van der Waals surface area contributed by atoms with Crippen LogP contribution in [0.3, 0.4) is 0 Å². The third-order valence-electron chi connectivity index (χ3n) is 15.2. The lowest BCUT2D eigenvalue weighted by Crippen LogP contribution is -2.59. The number of aliphatic hydroxyl groups is 6. The van der Waals surface area contributed by atoms with Gasteiger partial charge < -0.3 is 59.1 Å². The van der Waals surface area contributed by atoms with Crippen molar-refractivity contribution in [3.8, 4) is 0 Å². The Hall–Kier alpha value is -10.8. The Bertz CT molecular complexity index is 3180. The maximum absolute atomic E-state index is 13.6. The number of hydrogen-bond acceptors (Lipinski definition) is 22. The Morgan fingerprint density at radius 2 is 0.451 bits per heavy atom. The molecule has 0 saturated heterocycles. The number of carbonyl (C=O) groups excluding carboxylic acids is 7. The molecule has 7 rings (SSSR count). The van der Waals surface area contributed by atoms with Gasteiger partial charge in [-0.3, -0.25) is 41.7 Å². The second-order valence-electron chi connectivity index (χ2n) is 23.5. The van der Waals surface area contributed by atoms with E-state index in [9.17, 15) is 33.6 Å². The number of ether oxygens (including phenoxy) is 6. The molecule has 28 nitrogen and oxygen atoms in total. The van der Waals surface area contributed by atoms with E-state index in [0.717, 1.165) is 38.9 Å². The summed E-state index contributed by atoms with van der Waals surface area (Å²) in [6.45, 7) is 7.50. The molecule has 28 heteroatoms. The third-order valence-corrected chi connectivity index (χ3v) is 15.2. The summed E-state index contributed by atoms with van der Waals surface area (Å²) in [4.78, 5) is 97.8. The molecule has 0 radical (unpaired) electrons. The zero-order chi connectivity index (χ0) is 74.3. The number of nitrogens with zero attached hydrogens (tertiary/aromatic N) is 3. The van der Waals surface area contributed by atoms with Gasteiger partial charge >= 0.3 is 36.6 Å². The summed E-state index contributed by atoms with van der Waals surface area (Å²) in [6, 6.07) is 43.0. The molecular formula is C74H91N9O19. The highest BCUT2D eigenvalue weighted by molar-refractivity contribution is 5.87. The van der Waals surface area contributed by atoms with E-state index in [-0.39, 0.29) is 0 Å². The molecule has 0 aromatic heterocycles. The number of benzene rings is 7. The van der Waals surface area contributed by atoms with Crippen LogP contribution in [0.25, 0.3) is 0 Å². The van der Waals surface area contributed by atoms with Gasteiger partial charge in [0.25, 0.3) is 0 Å². The van der Waals surface area contributed by atoms with Crippen molar-refractivity contribution in [2.75, 3.05) is 111 Å². The molecule has 0 spiro atoms. The second-order valence-corrected chi connectivity index (χ2v) is 23.5. The molecule has 0 aliphatic carbocycles. The zero-order valence-corrected chi connectivity index (χ0v) is 57.9. The molecule has 0 aliphatic heterocycles. The van der Waals surface area contributed by atoms with Gasteiger partial charge in [-0.1, -0.05) is 124 Å². The molecular weight excluding hydrogens is 1320 g/mol. The highest BCUT2D eigenvalue weighted by Gasteiger charge is 2.39. The van der Waals surface area contributed by atoms with Crippen LogP contribution in [0.4, 0.5) is 68.6 Å².